The number of rotatable bonds is 17. The number of carboxylic acids is 1. The highest BCUT2D eigenvalue weighted by Crippen LogP contribution is 2.43. The van der Waals surface area contributed by atoms with Crippen molar-refractivity contribution in [2.45, 2.75) is 117 Å². The third-order valence-electron chi connectivity index (χ3n) is 5.87. The standard InChI is InChI=1S/C25H41ClO4/c1-3-5-7-9-11-13-15-17-19-20(18-16-14-12-10-8-6-4-2)22(26)24(28)23(27)21(19)25(29)30/h27-28H,3-18H2,1-2H3,(H,29,30). The smallest absolute Gasteiger partial charge is 0.339 e. The van der Waals surface area contributed by atoms with Gasteiger partial charge in [-0.15, -0.1) is 0 Å². The van der Waals surface area contributed by atoms with Gasteiger partial charge in [0.25, 0.3) is 0 Å². The number of aromatic carboxylic acids is 1. The summed E-state index contributed by atoms with van der Waals surface area (Å²) in [7, 11) is 0. The number of halogens is 1. The number of benzene rings is 1. The third kappa shape index (κ3) is 8.75. The van der Waals surface area contributed by atoms with E-state index < -0.39 is 17.5 Å². The maximum atomic E-state index is 11.8. The van der Waals surface area contributed by atoms with Crippen molar-refractivity contribution < 1.29 is 20.1 Å². The van der Waals surface area contributed by atoms with Gasteiger partial charge in [-0.1, -0.05) is 102 Å². The van der Waals surface area contributed by atoms with Crippen molar-refractivity contribution in [3.05, 3.63) is 21.7 Å². The van der Waals surface area contributed by atoms with Crippen LogP contribution in [0.2, 0.25) is 5.02 Å². The van der Waals surface area contributed by atoms with Crippen molar-refractivity contribution in [1.29, 1.82) is 0 Å². The molecule has 0 radical (unpaired) electrons. The molecule has 0 unspecified atom stereocenters. The maximum absolute atomic E-state index is 11.8. The summed E-state index contributed by atoms with van der Waals surface area (Å²) in [6.07, 6.45) is 17.2. The van der Waals surface area contributed by atoms with Crippen LogP contribution in [-0.4, -0.2) is 21.3 Å². The molecule has 0 saturated heterocycles. The fourth-order valence-electron chi connectivity index (χ4n) is 4.08. The molecule has 0 saturated carbocycles. The summed E-state index contributed by atoms with van der Waals surface area (Å²) in [6, 6.07) is 0. The maximum Gasteiger partial charge on any atom is 0.339 e. The minimum atomic E-state index is -1.21. The molecule has 0 bridgehead atoms. The topological polar surface area (TPSA) is 77.8 Å². The van der Waals surface area contributed by atoms with E-state index in [1.165, 1.54) is 51.4 Å². The number of hydrogen-bond donors (Lipinski definition) is 3. The van der Waals surface area contributed by atoms with Gasteiger partial charge < -0.3 is 15.3 Å². The van der Waals surface area contributed by atoms with Crippen LogP contribution in [0.1, 0.15) is 125 Å². The van der Waals surface area contributed by atoms with Crippen molar-refractivity contribution in [2.75, 3.05) is 0 Å². The van der Waals surface area contributed by atoms with Crippen LogP contribution in [0.25, 0.3) is 0 Å². The second kappa shape index (κ2) is 15.4. The largest absolute Gasteiger partial charge is 0.504 e. The lowest BCUT2D eigenvalue weighted by molar-refractivity contribution is 0.0691. The molecule has 0 fully saturated rings. The van der Waals surface area contributed by atoms with E-state index in [4.69, 9.17) is 11.6 Å². The molecule has 1 aromatic carbocycles. The molecule has 0 spiro atoms. The molecule has 0 amide bonds. The Morgan fingerprint density at radius 1 is 0.667 bits per heavy atom. The lowest BCUT2D eigenvalue weighted by atomic mass is 9.91. The van der Waals surface area contributed by atoms with Crippen LogP contribution < -0.4 is 0 Å². The molecule has 0 aliphatic carbocycles. The van der Waals surface area contributed by atoms with Gasteiger partial charge in [-0.2, -0.15) is 0 Å². The van der Waals surface area contributed by atoms with Gasteiger partial charge in [-0.3, -0.25) is 0 Å². The molecule has 0 heterocycles. The second-order valence-electron chi connectivity index (χ2n) is 8.39. The number of aromatic hydroxyl groups is 2. The molecule has 1 rings (SSSR count). The Hall–Kier alpha value is -1.42. The van der Waals surface area contributed by atoms with Gasteiger partial charge in [0.15, 0.2) is 11.5 Å². The molecule has 4 nitrogen and oxygen atoms in total. The number of carbonyl (C=O) groups is 1. The second-order valence-corrected chi connectivity index (χ2v) is 8.77. The molecule has 5 heteroatoms. The lowest BCUT2D eigenvalue weighted by Gasteiger charge is -2.18. The minimum absolute atomic E-state index is 0.112. The number of phenols is 2. The van der Waals surface area contributed by atoms with Gasteiger partial charge in [0, 0.05) is 0 Å². The molecule has 0 aliphatic rings. The Morgan fingerprint density at radius 2 is 1.07 bits per heavy atom. The van der Waals surface area contributed by atoms with Gasteiger partial charge in [0.05, 0.1) is 5.02 Å². The average Bonchev–Trinajstić information content (AvgIpc) is 2.72. The molecule has 1 aromatic rings. The Labute approximate surface area is 187 Å². The predicted octanol–water partition coefficient (Wildman–Crippen LogP) is 8.04. The Kier molecular flexibility index (Phi) is 13.7. The van der Waals surface area contributed by atoms with Crippen LogP contribution in [0, 0.1) is 0 Å². The van der Waals surface area contributed by atoms with Gasteiger partial charge in [0.2, 0.25) is 0 Å². The van der Waals surface area contributed by atoms with Gasteiger partial charge in [0.1, 0.15) is 5.56 Å². The number of carboxylic acid groups (broad SMARTS) is 1. The van der Waals surface area contributed by atoms with E-state index in [9.17, 15) is 20.1 Å². The zero-order valence-electron chi connectivity index (χ0n) is 18.9. The molecule has 0 aromatic heterocycles. The fourth-order valence-corrected chi connectivity index (χ4v) is 4.37. The van der Waals surface area contributed by atoms with Crippen LogP contribution in [0.5, 0.6) is 11.5 Å². The SMILES string of the molecule is CCCCCCCCCc1c(Cl)c(O)c(O)c(C(=O)O)c1CCCCCCCCC. The minimum Gasteiger partial charge on any atom is -0.504 e. The van der Waals surface area contributed by atoms with Crippen LogP contribution >= 0.6 is 11.6 Å². The van der Waals surface area contributed by atoms with E-state index in [1.54, 1.807) is 0 Å². The first kappa shape index (κ1) is 26.6. The Bertz CT molecular complexity index is 643. The monoisotopic (exact) mass is 440 g/mol. The van der Waals surface area contributed by atoms with Crippen LogP contribution in [0.3, 0.4) is 0 Å². The number of phenolic OH excluding ortho intramolecular Hbond substituents is 1. The van der Waals surface area contributed by atoms with Crippen molar-refractivity contribution in [1.82, 2.24) is 0 Å². The summed E-state index contributed by atoms with van der Waals surface area (Å²) in [5.74, 6) is -2.32. The first-order valence-electron chi connectivity index (χ1n) is 11.9. The van der Waals surface area contributed by atoms with E-state index >= 15 is 0 Å². The zero-order chi connectivity index (χ0) is 22.4. The van der Waals surface area contributed by atoms with E-state index in [0.29, 0.717) is 24.0 Å². The van der Waals surface area contributed by atoms with Crippen LogP contribution in [-0.2, 0) is 12.8 Å². The molecule has 3 N–H and O–H groups in total. The molecular weight excluding hydrogens is 400 g/mol. The zero-order valence-corrected chi connectivity index (χ0v) is 19.7. The van der Waals surface area contributed by atoms with Crippen molar-refractivity contribution >= 4 is 17.6 Å². The van der Waals surface area contributed by atoms with Gasteiger partial charge >= 0.3 is 5.97 Å². The highest BCUT2D eigenvalue weighted by molar-refractivity contribution is 6.33. The first-order valence-corrected chi connectivity index (χ1v) is 12.3. The summed E-state index contributed by atoms with van der Waals surface area (Å²) < 4.78 is 0. The summed E-state index contributed by atoms with van der Waals surface area (Å²) in [5, 5.41) is 30.2. The highest BCUT2D eigenvalue weighted by atomic mass is 35.5. The molecular formula is C25H41ClO4. The van der Waals surface area contributed by atoms with E-state index in [2.05, 4.69) is 13.8 Å². The number of hydrogen-bond acceptors (Lipinski definition) is 3. The summed E-state index contributed by atoms with van der Waals surface area (Å²) in [6.45, 7) is 4.40. The molecule has 30 heavy (non-hydrogen) atoms. The van der Waals surface area contributed by atoms with Crippen molar-refractivity contribution in [3.63, 3.8) is 0 Å². The average molecular weight is 441 g/mol. The summed E-state index contributed by atoms with van der Waals surface area (Å²) >= 11 is 6.36. The number of unbranched alkanes of at least 4 members (excludes halogenated alkanes) is 12. The van der Waals surface area contributed by atoms with Crippen LogP contribution in [0.4, 0.5) is 0 Å². The van der Waals surface area contributed by atoms with E-state index in [1.807, 2.05) is 0 Å². The molecule has 0 atom stereocenters. The Balaban J connectivity index is 2.81. The predicted molar refractivity (Wildman–Crippen MR) is 125 cm³/mol. The lowest BCUT2D eigenvalue weighted by Crippen LogP contribution is -2.08. The van der Waals surface area contributed by atoms with Crippen LogP contribution in [0.15, 0.2) is 0 Å². The van der Waals surface area contributed by atoms with E-state index in [0.717, 1.165) is 38.5 Å². The van der Waals surface area contributed by atoms with Crippen molar-refractivity contribution in [2.24, 2.45) is 0 Å². The normalized spacial score (nSPS) is 11.2. The Morgan fingerprint density at radius 3 is 1.50 bits per heavy atom. The summed E-state index contributed by atoms with van der Waals surface area (Å²) in [5.41, 5.74) is 1.12. The molecule has 0 aliphatic heterocycles. The van der Waals surface area contributed by atoms with Gasteiger partial charge in [-0.05, 0) is 36.8 Å². The van der Waals surface area contributed by atoms with E-state index in [-0.39, 0.29) is 10.6 Å². The quantitative estimate of drug-likeness (QED) is 0.169. The molecule has 172 valence electrons. The fraction of sp³-hybridized carbons (Fsp3) is 0.720. The van der Waals surface area contributed by atoms with Gasteiger partial charge in [-0.25, -0.2) is 4.79 Å². The highest BCUT2D eigenvalue weighted by Gasteiger charge is 2.26. The third-order valence-corrected chi connectivity index (χ3v) is 6.28. The first-order chi connectivity index (χ1) is 14.5. The summed E-state index contributed by atoms with van der Waals surface area (Å²) in [4.78, 5) is 11.8. The van der Waals surface area contributed by atoms with Crippen molar-refractivity contribution in [3.8, 4) is 11.5 Å².